The predicted octanol–water partition coefficient (Wildman–Crippen LogP) is 1.61. The Kier molecular flexibility index (Phi) is 4.45. The van der Waals surface area contributed by atoms with E-state index in [9.17, 15) is 5.11 Å². The smallest absolute Gasteiger partial charge is 0.0743 e. The van der Waals surface area contributed by atoms with E-state index in [1.165, 1.54) is 38.8 Å². The highest BCUT2D eigenvalue weighted by Crippen LogP contribution is 2.30. The highest BCUT2D eigenvalue weighted by molar-refractivity contribution is 4.86. The van der Waals surface area contributed by atoms with Gasteiger partial charge in [0, 0.05) is 25.7 Å². The third-order valence-electron chi connectivity index (χ3n) is 4.18. The van der Waals surface area contributed by atoms with E-state index < -0.39 is 5.60 Å². The van der Waals surface area contributed by atoms with Crippen LogP contribution in [0, 0.1) is 5.92 Å². The highest BCUT2D eigenvalue weighted by Gasteiger charge is 2.30. The first kappa shape index (κ1) is 13.3. The molecule has 2 atom stereocenters. The summed E-state index contributed by atoms with van der Waals surface area (Å²) in [6.07, 6.45) is 6.24. The molecule has 0 aromatic rings. The Morgan fingerprint density at radius 3 is 2.59 bits per heavy atom. The number of nitrogens with zero attached hydrogens (tertiary/aromatic N) is 1. The van der Waals surface area contributed by atoms with Crippen molar-refractivity contribution in [3.8, 4) is 0 Å². The van der Waals surface area contributed by atoms with Gasteiger partial charge in [0.1, 0.15) is 0 Å². The summed E-state index contributed by atoms with van der Waals surface area (Å²) in [4.78, 5) is 2.49. The van der Waals surface area contributed by atoms with Gasteiger partial charge in [-0.05, 0) is 51.5 Å². The van der Waals surface area contributed by atoms with E-state index in [2.05, 4.69) is 17.1 Å². The number of hydrogen-bond acceptors (Lipinski definition) is 3. The molecule has 2 fully saturated rings. The first-order chi connectivity index (χ1) is 8.09. The lowest BCUT2D eigenvalue weighted by Crippen LogP contribution is -2.46. The van der Waals surface area contributed by atoms with Crippen LogP contribution in [0.4, 0.5) is 0 Å². The van der Waals surface area contributed by atoms with Gasteiger partial charge in [-0.25, -0.2) is 0 Å². The Balaban J connectivity index is 1.82. The lowest BCUT2D eigenvalue weighted by atomic mass is 10.0. The molecule has 0 radical (unpaired) electrons. The number of rotatable bonds is 7. The molecule has 0 amide bonds. The third-order valence-corrected chi connectivity index (χ3v) is 4.18. The molecule has 2 aliphatic rings. The molecule has 1 saturated heterocycles. The number of hydrogen-bond donors (Lipinski definition) is 2. The molecule has 3 heteroatoms. The minimum Gasteiger partial charge on any atom is -0.389 e. The topological polar surface area (TPSA) is 35.5 Å². The van der Waals surface area contributed by atoms with Crippen LogP contribution in [0.2, 0.25) is 0 Å². The summed E-state index contributed by atoms with van der Waals surface area (Å²) in [7, 11) is 0. The maximum absolute atomic E-state index is 10.2. The zero-order chi connectivity index (χ0) is 12.3. The van der Waals surface area contributed by atoms with Crippen molar-refractivity contribution in [3.05, 3.63) is 0 Å². The molecule has 0 bridgehead atoms. The van der Waals surface area contributed by atoms with Crippen molar-refractivity contribution in [2.45, 2.75) is 57.6 Å². The van der Waals surface area contributed by atoms with Gasteiger partial charge in [-0.1, -0.05) is 6.92 Å². The van der Waals surface area contributed by atoms with Crippen LogP contribution in [0.3, 0.4) is 0 Å². The first-order valence-electron chi connectivity index (χ1n) is 7.27. The molecule has 2 rings (SSSR count). The molecule has 100 valence electrons. The van der Waals surface area contributed by atoms with Crippen molar-refractivity contribution in [2.75, 3.05) is 26.2 Å². The average Bonchev–Trinajstić information content (AvgIpc) is 2.92. The van der Waals surface area contributed by atoms with Crippen molar-refractivity contribution >= 4 is 0 Å². The Labute approximate surface area is 106 Å². The molecule has 0 aromatic carbocycles. The van der Waals surface area contributed by atoms with Crippen molar-refractivity contribution in [2.24, 2.45) is 5.92 Å². The summed E-state index contributed by atoms with van der Waals surface area (Å²) in [6, 6.07) is 0.654. The van der Waals surface area contributed by atoms with E-state index in [-0.39, 0.29) is 0 Å². The lowest BCUT2D eigenvalue weighted by molar-refractivity contribution is 0.0129. The van der Waals surface area contributed by atoms with Crippen LogP contribution >= 0.6 is 0 Å². The van der Waals surface area contributed by atoms with Gasteiger partial charge in [0.05, 0.1) is 5.60 Å². The third kappa shape index (κ3) is 4.57. The van der Waals surface area contributed by atoms with Gasteiger partial charge in [-0.3, -0.25) is 4.90 Å². The van der Waals surface area contributed by atoms with Gasteiger partial charge in [-0.15, -0.1) is 0 Å². The van der Waals surface area contributed by atoms with Gasteiger partial charge >= 0.3 is 0 Å². The van der Waals surface area contributed by atoms with E-state index in [4.69, 9.17) is 0 Å². The second kappa shape index (κ2) is 5.68. The van der Waals surface area contributed by atoms with Crippen LogP contribution in [0.1, 0.15) is 46.0 Å². The Morgan fingerprint density at radius 1 is 1.29 bits per heavy atom. The molecule has 1 saturated carbocycles. The minimum atomic E-state index is -0.520. The van der Waals surface area contributed by atoms with Crippen LogP contribution < -0.4 is 5.32 Å². The molecule has 1 heterocycles. The molecule has 0 spiro atoms. The zero-order valence-electron chi connectivity index (χ0n) is 11.4. The van der Waals surface area contributed by atoms with Crippen molar-refractivity contribution in [1.82, 2.24) is 10.2 Å². The molecule has 2 unspecified atom stereocenters. The molecule has 0 aromatic heterocycles. The van der Waals surface area contributed by atoms with Crippen LogP contribution in [-0.4, -0.2) is 47.8 Å². The number of aliphatic hydroxyl groups is 1. The van der Waals surface area contributed by atoms with Crippen LogP contribution in [0.15, 0.2) is 0 Å². The van der Waals surface area contributed by atoms with Gasteiger partial charge in [0.2, 0.25) is 0 Å². The maximum Gasteiger partial charge on any atom is 0.0743 e. The SMILES string of the molecule is CCC(C)(O)CN(CC1CC1)CC1CCCN1. The summed E-state index contributed by atoms with van der Waals surface area (Å²) >= 11 is 0. The lowest BCUT2D eigenvalue weighted by Gasteiger charge is -2.32. The fourth-order valence-electron chi connectivity index (χ4n) is 2.69. The normalized spacial score (nSPS) is 28.6. The molecule has 1 aliphatic heterocycles. The minimum absolute atomic E-state index is 0.520. The van der Waals surface area contributed by atoms with Crippen molar-refractivity contribution in [3.63, 3.8) is 0 Å². The maximum atomic E-state index is 10.2. The second-order valence-electron chi connectivity index (χ2n) is 6.28. The molecule has 17 heavy (non-hydrogen) atoms. The van der Waals surface area contributed by atoms with E-state index in [0.717, 1.165) is 25.4 Å². The van der Waals surface area contributed by atoms with Crippen LogP contribution in [0.5, 0.6) is 0 Å². The van der Waals surface area contributed by atoms with Crippen molar-refractivity contribution < 1.29 is 5.11 Å². The molecular formula is C14H28N2O. The summed E-state index contributed by atoms with van der Waals surface area (Å²) in [6.45, 7) is 8.35. The fraction of sp³-hybridized carbons (Fsp3) is 1.00. The van der Waals surface area contributed by atoms with Crippen molar-refractivity contribution in [1.29, 1.82) is 0 Å². The van der Waals surface area contributed by atoms with Gasteiger partial charge < -0.3 is 10.4 Å². The van der Waals surface area contributed by atoms with Gasteiger partial charge in [-0.2, -0.15) is 0 Å². The molecular weight excluding hydrogens is 212 g/mol. The van der Waals surface area contributed by atoms with Crippen LogP contribution in [-0.2, 0) is 0 Å². The average molecular weight is 240 g/mol. The summed E-state index contributed by atoms with van der Waals surface area (Å²) in [5, 5.41) is 13.8. The summed E-state index contributed by atoms with van der Waals surface area (Å²) in [5.41, 5.74) is -0.520. The van der Waals surface area contributed by atoms with E-state index >= 15 is 0 Å². The summed E-state index contributed by atoms with van der Waals surface area (Å²) < 4.78 is 0. The molecule has 2 N–H and O–H groups in total. The first-order valence-corrected chi connectivity index (χ1v) is 7.27. The fourth-order valence-corrected chi connectivity index (χ4v) is 2.69. The molecule has 1 aliphatic carbocycles. The van der Waals surface area contributed by atoms with E-state index in [1.807, 2.05) is 6.92 Å². The highest BCUT2D eigenvalue weighted by atomic mass is 16.3. The van der Waals surface area contributed by atoms with E-state index in [0.29, 0.717) is 6.04 Å². The van der Waals surface area contributed by atoms with Crippen LogP contribution in [0.25, 0.3) is 0 Å². The predicted molar refractivity (Wildman–Crippen MR) is 71.1 cm³/mol. The largest absolute Gasteiger partial charge is 0.389 e. The quantitative estimate of drug-likeness (QED) is 0.710. The monoisotopic (exact) mass is 240 g/mol. The molecule has 3 nitrogen and oxygen atoms in total. The number of nitrogens with one attached hydrogen (secondary N) is 1. The standard InChI is InChI=1S/C14H28N2O/c1-3-14(2,17)11-16(9-12-6-7-12)10-13-5-4-8-15-13/h12-13,15,17H,3-11H2,1-2H3. The Morgan fingerprint density at radius 2 is 2.06 bits per heavy atom. The Bertz CT molecular complexity index is 232. The Hall–Kier alpha value is -0.120. The van der Waals surface area contributed by atoms with E-state index in [1.54, 1.807) is 0 Å². The summed E-state index contributed by atoms with van der Waals surface area (Å²) in [5.74, 6) is 0.907. The second-order valence-corrected chi connectivity index (χ2v) is 6.28. The van der Waals surface area contributed by atoms with Gasteiger partial charge in [0.25, 0.3) is 0 Å². The van der Waals surface area contributed by atoms with Gasteiger partial charge in [0.15, 0.2) is 0 Å². The zero-order valence-corrected chi connectivity index (χ0v) is 11.4.